The van der Waals surface area contributed by atoms with Crippen LogP contribution in [0.4, 0.5) is 0 Å². The summed E-state index contributed by atoms with van der Waals surface area (Å²) in [6.45, 7) is 6.91. The highest BCUT2D eigenvalue weighted by atomic mass is 16.2. The molecule has 1 saturated heterocycles. The van der Waals surface area contributed by atoms with Gasteiger partial charge in [0.05, 0.1) is 12.6 Å². The molecule has 1 aliphatic heterocycles. The van der Waals surface area contributed by atoms with Gasteiger partial charge in [-0.15, -0.1) is 0 Å². The molecule has 1 aromatic carbocycles. The highest BCUT2D eigenvalue weighted by molar-refractivity contribution is 5.79. The number of nitrogens with one attached hydrogen (secondary N) is 1. The van der Waals surface area contributed by atoms with Crippen LogP contribution >= 0.6 is 0 Å². The van der Waals surface area contributed by atoms with E-state index < -0.39 is 0 Å². The maximum Gasteiger partial charge on any atom is 0.236 e. The molecule has 1 N–H and O–H groups in total. The predicted molar refractivity (Wildman–Crippen MR) is 100 cm³/mol. The molecular weight excluding hydrogens is 314 g/mol. The van der Waals surface area contributed by atoms with Crippen molar-refractivity contribution in [2.75, 3.05) is 33.2 Å². The first kappa shape index (κ1) is 19.4. The average molecular weight is 345 g/mol. The Morgan fingerprint density at radius 1 is 1.24 bits per heavy atom. The largest absolute Gasteiger partial charge is 0.356 e. The Kier molecular flexibility index (Phi) is 7.44. The van der Waals surface area contributed by atoms with E-state index in [9.17, 15) is 9.59 Å². The maximum atomic E-state index is 12.6. The molecule has 138 valence electrons. The molecule has 0 saturated carbocycles. The Hall–Kier alpha value is -1.88. The lowest BCUT2D eigenvalue weighted by atomic mass is 9.96. The van der Waals surface area contributed by atoms with Gasteiger partial charge in [0.25, 0.3) is 0 Å². The molecule has 1 aromatic rings. The molecule has 1 heterocycles. The van der Waals surface area contributed by atoms with Gasteiger partial charge >= 0.3 is 0 Å². The summed E-state index contributed by atoms with van der Waals surface area (Å²) in [6, 6.07) is 10.1. The lowest BCUT2D eigenvalue weighted by molar-refractivity contribution is -0.133. The molecule has 5 nitrogen and oxygen atoms in total. The van der Waals surface area contributed by atoms with Crippen molar-refractivity contribution in [2.24, 2.45) is 5.92 Å². The van der Waals surface area contributed by atoms with E-state index in [2.05, 4.69) is 36.2 Å². The van der Waals surface area contributed by atoms with E-state index in [-0.39, 0.29) is 23.8 Å². The number of hydrogen-bond acceptors (Lipinski definition) is 3. The van der Waals surface area contributed by atoms with E-state index in [0.717, 1.165) is 44.5 Å². The Labute approximate surface area is 151 Å². The number of likely N-dealkylation sites (N-methyl/N-ethyl adjacent to an activating group) is 1. The number of carbonyl (C=O) groups excluding carboxylic acids is 2. The number of carbonyl (C=O) groups is 2. The van der Waals surface area contributed by atoms with Crippen molar-refractivity contribution in [1.82, 2.24) is 15.1 Å². The number of amides is 2. The zero-order valence-corrected chi connectivity index (χ0v) is 15.7. The summed E-state index contributed by atoms with van der Waals surface area (Å²) < 4.78 is 0. The molecule has 1 atom stereocenters. The van der Waals surface area contributed by atoms with Crippen LogP contribution in [-0.4, -0.2) is 54.8 Å². The Morgan fingerprint density at radius 3 is 2.48 bits per heavy atom. The number of rotatable bonds is 7. The van der Waals surface area contributed by atoms with Crippen LogP contribution in [0.5, 0.6) is 0 Å². The predicted octanol–water partition coefficient (Wildman–Crippen LogP) is 2.44. The van der Waals surface area contributed by atoms with Gasteiger partial charge in [-0.05, 0) is 44.8 Å². The van der Waals surface area contributed by atoms with E-state index in [1.807, 2.05) is 30.1 Å². The third-order valence-electron chi connectivity index (χ3n) is 5.12. The normalized spacial score (nSPS) is 17.1. The minimum absolute atomic E-state index is 0.0612. The molecule has 1 unspecified atom stereocenters. The highest BCUT2D eigenvalue weighted by Crippen LogP contribution is 2.20. The zero-order valence-electron chi connectivity index (χ0n) is 15.7. The molecule has 25 heavy (non-hydrogen) atoms. The second kappa shape index (κ2) is 9.56. The van der Waals surface area contributed by atoms with E-state index in [0.29, 0.717) is 6.54 Å². The fourth-order valence-corrected chi connectivity index (χ4v) is 3.22. The van der Waals surface area contributed by atoms with Crippen molar-refractivity contribution >= 4 is 11.8 Å². The first-order chi connectivity index (χ1) is 12.0. The highest BCUT2D eigenvalue weighted by Gasteiger charge is 2.27. The van der Waals surface area contributed by atoms with E-state index >= 15 is 0 Å². The quantitative estimate of drug-likeness (QED) is 0.826. The summed E-state index contributed by atoms with van der Waals surface area (Å²) in [5, 5.41) is 2.98. The molecule has 5 heteroatoms. The van der Waals surface area contributed by atoms with Crippen LogP contribution in [0.2, 0.25) is 0 Å². The van der Waals surface area contributed by atoms with Crippen molar-refractivity contribution in [3.05, 3.63) is 35.9 Å². The smallest absolute Gasteiger partial charge is 0.236 e. The maximum absolute atomic E-state index is 12.6. The summed E-state index contributed by atoms with van der Waals surface area (Å²) in [6.07, 6.45) is 2.63. The van der Waals surface area contributed by atoms with Crippen molar-refractivity contribution in [1.29, 1.82) is 0 Å². The van der Waals surface area contributed by atoms with Gasteiger partial charge in [-0.25, -0.2) is 0 Å². The van der Waals surface area contributed by atoms with Crippen LogP contribution in [0.3, 0.4) is 0 Å². The van der Waals surface area contributed by atoms with Gasteiger partial charge in [0.2, 0.25) is 11.8 Å². The second-order valence-corrected chi connectivity index (χ2v) is 6.93. The summed E-state index contributed by atoms with van der Waals surface area (Å²) in [5.74, 6) is 0.395. The van der Waals surface area contributed by atoms with Gasteiger partial charge in [-0.3, -0.25) is 14.5 Å². The number of nitrogens with zero attached hydrogens (tertiary/aromatic N) is 2. The second-order valence-electron chi connectivity index (χ2n) is 6.93. The molecule has 2 rings (SSSR count). The molecule has 1 fully saturated rings. The monoisotopic (exact) mass is 345 g/mol. The van der Waals surface area contributed by atoms with E-state index in [1.165, 1.54) is 0 Å². The number of benzene rings is 1. The van der Waals surface area contributed by atoms with Gasteiger partial charge in [0, 0.05) is 19.5 Å². The van der Waals surface area contributed by atoms with Crippen molar-refractivity contribution in [3.63, 3.8) is 0 Å². The summed E-state index contributed by atoms with van der Waals surface area (Å²) in [7, 11) is 1.87. The molecule has 1 aliphatic rings. The first-order valence-electron chi connectivity index (χ1n) is 9.33. The van der Waals surface area contributed by atoms with Gasteiger partial charge < -0.3 is 10.2 Å². The van der Waals surface area contributed by atoms with Crippen molar-refractivity contribution < 1.29 is 9.59 Å². The summed E-state index contributed by atoms with van der Waals surface area (Å²) in [4.78, 5) is 28.6. The van der Waals surface area contributed by atoms with Crippen LogP contribution < -0.4 is 5.32 Å². The number of hydrogen-bond donors (Lipinski definition) is 1. The van der Waals surface area contributed by atoms with Crippen LogP contribution in [0.1, 0.15) is 44.7 Å². The Morgan fingerprint density at radius 2 is 1.88 bits per heavy atom. The lowest BCUT2D eigenvalue weighted by Crippen LogP contribution is -2.45. The van der Waals surface area contributed by atoms with Crippen molar-refractivity contribution in [3.8, 4) is 0 Å². The fraction of sp³-hybridized carbons (Fsp3) is 0.600. The summed E-state index contributed by atoms with van der Waals surface area (Å²) in [5.41, 5.74) is 1.14. The Balaban J connectivity index is 1.79. The Bertz CT molecular complexity index is 553. The standard InChI is InChI=1S/C20H31N3O2/c1-4-12-21-20(25)18-10-13-23(14-11-18)15-19(24)22(3)16(2)17-8-6-5-7-9-17/h5-9,16,18H,4,10-15H2,1-3H3,(H,21,25). The third kappa shape index (κ3) is 5.56. The summed E-state index contributed by atoms with van der Waals surface area (Å²) >= 11 is 0. The van der Waals surface area contributed by atoms with Crippen LogP contribution in [-0.2, 0) is 9.59 Å². The van der Waals surface area contributed by atoms with E-state index in [4.69, 9.17) is 0 Å². The van der Waals surface area contributed by atoms with Crippen LogP contribution in [0, 0.1) is 5.92 Å². The molecule has 0 bridgehead atoms. The van der Waals surface area contributed by atoms with Crippen molar-refractivity contribution in [2.45, 2.75) is 39.2 Å². The molecule has 0 aliphatic carbocycles. The average Bonchev–Trinajstić information content (AvgIpc) is 2.66. The third-order valence-corrected chi connectivity index (χ3v) is 5.12. The molecule has 2 amide bonds. The molecule has 0 radical (unpaired) electrons. The molecular formula is C20H31N3O2. The van der Waals surface area contributed by atoms with Crippen LogP contribution in [0.15, 0.2) is 30.3 Å². The minimum Gasteiger partial charge on any atom is -0.356 e. The molecule has 0 spiro atoms. The SMILES string of the molecule is CCCNC(=O)C1CCN(CC(=O)N(C)C(C)c2ccccc2)CC1. The topological polar surface area (TPSA) is 52.7 Å². The zero-order chi connectivity index (χ0) is 18.2. The lowest BCUT2D eigenvalue weighted by Gasteiger charge is -2.33. The van der Waals surface area contributed by atoms with Gasteiger partial charge in [-0.1, -0.05) is 37.3 Å². The van der Waals surface area contributed by atoms with Gasteiger partial charge in [-0.2, -0.15) is 0 Å². The van der Waals surface area contributed by atoms with E-state index in [1.54, 1.807) is 0 Å². The number of piperidine rings is 1. The number of likely N-dealkylation sites (tertiary alicyclic amines) is 1. The van der Waals surface area contributed by atoms with Crippen LogP contribution in [0.25, 0.3) is 0 Å². The van der Waals surface area contributed by atoms with Gasteiger partial charge in [0.15, 0.2) is 0 Å². The minimum atomic E-state index is 0.0612. The van der Waals surface area contributed by atoms with Gasteiger partial charge in [0.1, 0.15) is 0 Å². The first-order valence-corrected chi connectivity index (χ1v) is 9.33. The fourth-order valence-electron chi connectivity index (χ4n) is 3.22. The molecule has 0 aromatic heterocycles.